The summed E-state index contributed by atoms with van der Waals surface area (Å²) in [6, 6.07) is 25.2. The molecule has 1 aliphatic rings. The Morgan fingerprint density at radius 2 is 1.10 bits per heavy atom. The lowest BCUT2D eigenvalue weighted by Crippen LogP contribution is -2.43. The van der Waals surface area contributed by atoms with E-state index >= 15 is 0 Å². The Balaban J connectivity index is 1.09. The predicted octanol–water partition coefficient (Wildman–Crippen LogP) is 5.42. The quantitative estimate of drug-likeness (QED) is 0.191. The molecular formula is C32H26N8O2. The van der Waals surface area contributed by atoms with E-state index in [0.717, 1.165) is 87.6 Å². The number of piperazine rings is 1. The molecule has 1 aliphatic heterocycles. The SMILES string of the molecule is O=C(O)c1ccc(-c2nc3cc(-c4nc5cc(-c6nc7cc(N8CCNCC8)ccc7[nH]6)ccc5[nH]4)ccc3[nH]2)cc1. The van der Waals surface area contributed by atoms with E-state index in [4.69, 9.17) is 20.1 Å². The summed E-state index contributed by atoms with van der Waals surface area (Å²) < 4.78 is 0. The summed E-state index contributed by atoms with van der Waals surface area (Å²) in [4.78, 5) is 38.3. The summed E-state index contributed by atoms with van der Waals surface area (Å²) in [7, 11) is 0. The minimum atomic E-state index is -0.953. The Kier molecular flexibility index (Phi) is 5.54. The lowest BCUT2D eigenvalue weighted by molar-refractivity contribution is 0.0697. The molecule has 5 N–H and O–H groups in total. The first kappa shape index (κ1) is 24.3. The minimum Gasteiger partial charge on any atom is -0.478 e. The number of aromatic amines is 3. The zero-order chi connectivity index (χ0) is 28.2. The molecule has 0 unspecified atom stereocenters. The van der Waals surface area contributed by atoms with Crippen LogP contribution in [0.5, 0.6) is 0 Å². The van der Waals surface area contributed by atoms with E-state index in [1.54, 1.807) is 24.3 Å². The molecule has 0 radical (unpaired) electrons. The highest BCUT2D eigenvalue weighted by atomic mass is 16.4. The number of rotatable bonds is 5. The number of carbonyl (C=O) groups is 1. The van der Waals surface area contributed by atoms with E-state index in [1.165, 1.54) is 5.69 Å². The van der Waals surface area contributed by atoms with Gasteiger partial charge in [0.1, 0.15) is 17.5 Å². The Bertz CT molecular complexity index is 2120. The molecule has 0 aliphatic carbocycles. The van der Waals surface area contributed by atoms with Gasteiger partial charge in [-0.25, -0.2) is 19.7 Å². The fourth-order valence-electron chi connectivity index (χ4n) is 5.60. The fourth-order valence-corrected chi connectivity index (χ4v) is 5.60. The molecule has 206 valence electrons. The molecule has 7 aromatic rings. The number of nitrogens with zero attached hydrogens (tertiary/aromatic N) is 4. The first-order valence-electron chi connectivity index (χ1n) is 13.9. The molecule has 1 saturated heterocycles. The van der Waals surface area contributed by atoms with Gasteiger partial charge in [-0.3, -0.25) is 0 Å². The van der Waals surface area contributed by atoms with Crippen LogP contribution in [-0.4, -0.2) is 67.2 Å². The largest absolute Gasteiger partial charge is 0.478 e. The summed E-state index contributed by atoms with van der Waals surface area (Å²) in [5, 5.41) is 12.6. The standard InChI is InChI=1S/C32H26N8O2/c41-32(42)19-3-1-18(2-4-19)29-34-23-8-5-20(15-26(23)37-29)30-35-24-9-6-21(16-27(24)38-30)31-36-25-10-7-22(17-28(25)39-31)40-13-11-33-12-14-40/h1-10,15-17,33H,11-14H2,(H,34,37)(H,35,38)(H,36,39)(H,41,42). The molecular weight excluding hydrogens is 528 g/mol. The van der Waals surface area contributed by atoms with Gasteiger partial charge >= 0.3 is 5.97 Å². The Labute approximate surface area is 239 Å². The number of H-pyrrole nitrogens is 3. The van der Waals surface area contributed by atoms with Crippen molar-refractivity contribution in [3.05, 3.63) is 84.4 Å². The highest BCUT2D eigenvalue weighted by molar-refractivity contribution is 5.90. The van der Waals surface area contributed by atoms with E-state index in [-0.39, 0.29) is 5.56 Å². The van der Waals surface area contributed by atoms with Crippen molar-refractivity contribution in [1.29, 1.82) is 0 Å². The van der Waals surface area contributed by atoms with Crippen LogP contribution in [0.3, 0.4) is 0 Å². The van der Waals surface area contributed by atoms with Crippen molar-refractivity contribution in [2.75, 3.05) is 31.1 Å². The summed E-state index contributed by atoms with van der Waals surface area (Å²) in [6.45, 7) is 3.99. The summed E-state index contributed by atoms with van der Waals surface area (Å²) in [6.07, 6.45) is 0. The predicted molar refractivity (Wildman–Crippen MR) is 164 cm³/mol. The first-order valence-corrected chi connectivity index (χ1v) is 13.9. The smallest absolute Gasteiger partial charge is 0.335 e. The second-order valence-electron chi connectivity index (χ2n) is 10.5. The molecule has 0 bridgehead atoms. The number of anilines is 1. The summed E-state index contributed by atoms with van der Waals surface area (Å²) in [5.74, 6) is 1.30. The number of aromatic nitrogens is 6. The maximum Gasteiger partial charge on any atom is 0.335 e. The number of carboxylic acid groups (broad SMARTS) is 1. The van der Waals surface area contributed by atoms with Crippen LogP contribution in [0.4, 0.5) is 5.69 Å². The highest BCUT2D eigenvalue weighted by Crippen LogP contribution is 2.30. The van der Waals surface area contributed by atoms with Gasteiger partial charge < -0.3 is 30.3 Å². The number of hydrogen-bond acceptors (Lipinski definition) is 6. The molecule has 0 saturated carbocycles. The van der Waals surface area contributed by atoms with E-state index in [0.29, 0.717) is 5.82 Å². The van der Waals surface area contributed by atoms with Gasteiger partial charge in [0.25, 0.3) is 0 Å². The van der Waals surface area contributed by atoms with Crippen LogP contribution in [0.25, 0.3) is 67.3 Å². The van der Waals surface area contributed by atoms with Crippen molar-refractivity contribution in [3.8, 4) is 34.2 Å². The number of benzene rings is 4. The Morgan fingerprint density at radius 3 is 1.64 bits per heavy atom. The van der Waals surface area contributed by atoms with Crippen LogP contribution in [0, 0.1) is 0 Å². The van der Waals surface area contributed by atoms with Gasteiger partial charge in [0, 0.05) is 48.6 Å². The number of hydrogen-bond donors (Lipinski definition) is 5. The second kappa shape index (κ2) is 9.57. The van der Waals surface area contributed by atoms with Gasteiger partial charge in [-0.05, 0) is 66.7 Å². The molecule has 0 atom stereocenters. The molecule has 10 nitrogen and oxygen atoms in total. The molecule has 42 heavy (non-hydrogen) atoms. The van der Waals surface area contributed by atoms with Gasteiger partial charge in [-0.15, -0.1) is 0 Å². The lowest BCUT2D eigenvalue weighted by Gasteiger charge is -2.29. The number of carboxylic acids is 1. The van der Waals surface area contributed by atoms with Crippen LogP contribution >= 0.6 is 0 Å². The number of imidazole rings is 3. The fraction of sp³-hybridized carbons (Fsp3) is 0.125. The molecule has 0 spiro atoms. The van der Waals surface area contributed by atoms with Crippen molar-refractivity contribution in [1.82, 2.24) is 35.2 Å². The molecule has 0 amide bonds. The van der Waals surface area contributed by atoms with Crippen LogP contribution in [0.15, 0.2) is 78.9 Å². The first-order chi connectivity index (χ1) is 20.6. The third-order valence-corrected chi connectivity index (χ3v) is 7.87. The molecule has 10 heteroatoms. The van der Waals surface area contributed by atoms with Crippen LogP contribution in [0.2, 0.25) is 0 Å². The maximum atomic E-state index is 11.2. The van der Waals surface area contributed by atoms with E-state index in [1.807, 2.05) is 24.3 Å². The number of aromatic carboxylic acids is 1. The van der Waals surface area contributed by atoms with Gasteiger partial charge in [0.2, 0.25) is 0 Å². The van der Waals surface area contributed by atoms with Gasteiger partial charge in [-0.2, -0.15) is 0 Å². The van der Waals surface area contributed by atoms with Crippen LogP contribution in [0.1, 0.15) is 10.4 Å². The van der Waals surface area contributed by atoms with E-state index in [9.17, 15) is 4.79 Å². The minimum absolute atomic E-state index is 0.241. The Morgan fingerprint density at radius 1 is 0.619 bits per heavy atom. The number of nitrogens with one attached hydrogen (secondary N) is 4. The van der Waals surface area contributed by atoms with Gasteiger partial charge in [-0.1, -0.05) is 12.1 Å². The van der Waals surface area contributed by atoms with Crippen molar-refractivity contribution >= 4 is 44.8 Å². The van der Waals surface area contributed by atoms with Crippen molar-refractivity contribution in [2.24, 2.45) is 0 Å². The van der Waals surface area contributed by atoms with Crippen molar-refractivity contribution < 1.29 is 9.90 Å². The molecule has 4 aromatic carbocycles. The average Bonchev–Trinajstić information content (AvgIpc) is 3.77. The Hall–Kier alpha value is -5.48. The zero-order valence-electron chi connectivity index (χ0n) is 22.5. The molecule has 4 heterocycles. The second-order valence-corrected chi connectivity index (χ2v) is 10.5. The van der Waals surface area contributed by atoms with Gasteiger partial charge in [0.15, 0.2) is 0 Å². The molecule has 3 aromatic heterocycles. The van der Waals surface area contributed by atoms with Crippen LogP contribution in [-0.2, 0) is 0 Å². The van der Waals surface area contributed by atoms with Gasteiger partial charge in [0.05, 0.1) is 38.7 Å². The lowest BCUT2D eigenvalue weighted by atomic mass is 10.1. The topological polar surface area (TPSA) is 139 Å². The van der Waals surface area contributed by atoms with Crippen LogP contribution < -0.4 is 10.2 Å². The summed E-state index contributed by atoms with van der Waals surface area (Å²) in [5.41, 5.74) is 9.59. The summed E-state index contributed by atoms with van der Waals surface area (Å²) >= 11 is 0. The molecule has 8 rings (SSSR count). The highest BCUT2D eigenvalue weighted by Gasteiger charge is 2.15. The average molecular weight is 555 g/mol. The third-order valence-electron chi connectivity index (χ3n) is 7.87. The molecule has 1 fully saturated rings. The normalized spacial score (nSPS) is 13.9. The number of fused-ring (bicyclic) bond motifs is 3. The van der Waals surface area contributed by atoms with Crippen molar-refractivity contribution in [3.63, 3.8) is 0 Å². The maximum absolute atomic E-state index is 11.2. The van der Waals surface area contributed by atoms with E-state index in [2.05, 4.69) is 55.5 Å². The van der Waals surface area contributed by atoms with E-state index < -0.39 is 5.97 Å². The monoisotopic (exact) mass is 554 g/mol. The zero-order valence-corrected chi connectivity index (χ0v) is 22.5. The van der Waals surface area contributed by atoms with Crippen molar-refractivity contribution in [2.45, 2.75) is 0 Å². The third kappa shape index (κ3) is 4.25.